The van der Waals surface area contributed by atoms with E-state index in [1.54, 1.807) is 0 Å². The van der Waals surface area contributed by atoms with Crippen molar-refractivity contribution in [2.75, 3.05) is 13.2 Å². The van der Waals surface area contributed by atoms with E-state index >= 15 is 0 Å². The van der Waals surface area contributed by atoms with Gasteiger partial charge in [-0.1, -0.05) is 51.1 Å². The van der Waals surface area contributed by atoms with Crippen LogP contribution in [0.2, 0.25) is 18.1 Å². The van der Waals surface area contributed by atoms with Crippen molar-refractivity contribution in [3.63, 3.8) is 0 Å². The second kappa shape index (κ2) is 6.77. The van der Waals surface area contributed by atoms with Crippen molar-refractivity contribution in [2.45, 2.75) is 58.3 Å². The summed E-state index contributed by atoms with van der Waals surface area (Å²) in [6.45, 7) is 14.9. The number of carbonyl (C=O) groups is 1. The van der Waals surface area contributed by atoms with E-state index in [4.69, 9.17) is 4.43 Å². The lowest BCUT2D eigenvalue weighted by atomic mass is 10.1. The molecule has 1 aliphatic heterocycles. The van der Waals surface area contributed by atoms with E-state index in [0.717, 1.165) is 6.54 Å². The maximum absolute atomic E-state index is 12.4. The lowest BCUT2D eigenvalue weighted by Crippen LogP contribution is -2.42. The van der Waals surface area contributed by atoms with Crippen LogP contribution in [0.25, 0.3) is 0 Å². The van der Waals surface area contributed by atoms with Crippen LogP contribution in [0.5, 0.6) is 0 Å². The second-order valence-corrected chi connectivity index (χ2v) is 13.1. The molecule has 2 rings (SSSR count). The highest BCUT2D eigenvalue weighted by Crippen LogP contribution is 2.37. The van der Waals surface area contributed by atoms with Gasteiger partial charge in [-0.05, 0) is 30.6 Å². The van der Waals surface area contributed by atoms with Gasteiger partial charge >= 0.3 is 0 Å². The molecule has 1 saturated heterocycles. The molecule has 4 heteroatoms. The van der Waals surface area contributed by atoms with Crippen LogP contribution in [0.1, 0.15) is 45.7 Å². The van der Waals surface area contributed by atoms with Crippen LogP contribution in [0.15, 0.2) is 30.3 Å². The molecule has 1 aromatic rings. The van der Waals surface area contributed by atoms with Crippen molar-refractivity contribution < 1.29 is 9.22 Å². The predicted molar refractivity (Wildman–Crippen MR) is 97.8 cm³/mol. The van der Waals surface area contributed by atoms with Crippen molar-refractivity contribution in [3.8, 4) is 0 Å². The number of nitrogens with zero attached hydrogens (tertiary/aromatic N) is 1. The number of amides is 1. The SMILES string of the molecule is C[C@H](c1ccccc1)N1C[C@H](CO[Si](C)(C)C(C)(C)C)CC1=O. The van der Waals surface area contributed by atoms with E-state index in [0.29, 0.717) is 18.9 Å². The van der Waals surface area contributed by atoms with Gasteiger partial charge in [0.1, 0.15) is 0 Å². The Morgan fingerprint density at radius 1 is 1.26 bits per heavy atom. The van der Waals surface area contributed by atoms with Crippen molar-refractivity contribution in [3.05, 3.63) is 35.9 Å². The largest absolute Gasteiger partial charge is 0.416 e. The number of likely N-dealkylation sites (tertiary alicyclic amines) is 1. The van der Waals surface area contributed by atoms with E-state index in [1.807, 2.05) is 23.1 Å². The van der Waals surface area contributed by atoms with Gasteiger partial charge in [-0.2, -0.15) is 0 Å². The molecule has 0 radical (unpaired) electrons. The van der Waals surface area contributed by atoms with Crippen LogP contribution in [0, 0.1) is 5.92 Å². The van der Waals surface area contributed by atoms with E-state index in [-0.39, 0.29) is 17.0 Å². The standard InChI is InChI=1S/C19H31NO2Si/c1-15(17-10-8-7-9-11-17)20-13-16(12-18(20)21)14-22-23(5,6)19(2,3)4/h7-11,15-16H,12-14H2,1-6H3/t15-,16-/m1/s1. The summed E-state index contributed by atoms with van der Waals surface area (Å²) in [7, 11) is -1.74. The predicted octanol–water partition coefficient (Wildman–Crippen LogP) is 4.62. The van der Waals surface area contributed by atoms with E-state index in [9.17, 15) is 4.79 Å². The summed E-state index contributed by atoms with van der Waals surface area (Å²) in [5.74, 6) is 0.577. The smallest absolute Gasteiger partial charge is 0.223 e. The maximum Gasteiger partial charge on any atom is 0.223 e. The minimum Gasteiger partial charge on any atom is -0.416 e. The summed E-state index contributed by atoms with van der Waals surface area (Å²) in [5, 5.41) is 0.215. The zero-order chi connectivity index (χ0) is 17.3. The molecule has 1 fully saturated rings. The Morgan fingerprint density at radius 2 is 1.87 bits per heavy atom. The number of rotatable bonds is 5. The quantitative estimate of drug-likeness (QED) is 0.736. The zero-order valence-corrected chi connectivity index (χ0v) is 16.4. The molecule has 0 aliphatic carbocycles. The molecule has 2 atom stereocenters. The third-order valence-electron chi connectivity index (χ3n) is 5.47. The topological polar surface area (TPSA) is 29.5 Å². The Morgan fingerprint density at radius 3 is 2.43 bits per heavy atom. The van der Waals surface area contributed by atoms with Crippen molar-refractivity contribution >= 4 is 14.2 Å². The molecular formula is C19H31NO2Si. The summed E-state index contributed by atoms with van der Waals surface area (Å²) in [5.41, 5.74) is 1.20. The van der Waals surface area contributed by atoms with E-state index < -0.39 is 8.32 Å². The van der Waals surface area contributed by atoms with Gasteiger partial charge in [-0.3, -0.25) is 4.79 Å². The molecule has 23 heavy (non-hydrogen) atoms. The fourth-order valence-corrected chi connectivity index (χ4v) is 3.83. The number of hydrogen-bond donors (Lipinski definition) is 0. The normalized spacial score (nSPS) is 20.9. The van der Waals surface area contributed by atoms with Crippen LogP contribution >= 0.6 is 0 Å². The number of hydrogen-bond acceptors (Lipinski definition) is 2. The molecular weight excluding hydrogens is 302 g/mol. The lowest BCUT2D eigenvalue weighted by Gasteiger charge is -2.37. The summed E-state index contributed by atoms with van der Waals surface area (Å²) in [6, 6.07) is 10.4. The van der Waals surface area contributed by atoms with Crippen LogP contribution in [0.3, 0.4) is 0 Å². The average molecular weight is 334 g/mol. The average Bonchev–Trinajstić information content (AvgIpc) is 2.85. The van der Waals surface area contributed by atoms with Gasteiger partial charge in [0.25, 0.3) is 0 Å². The first-order valence-electron chi connectivity index (χ1n) is 8.60. The molecule has 1 aromatic carbocycles. The Balaban J connectivity index is 1.95. The molecule has 1 heterocycles. The maximum atomic E-state index is 12.4. The van der Waals surface area contributed by atoms with Crippen LogP contribution in [-0.2, 0) is 9.22 Å². The monoisotopic (exact) mass is 333 g/mol. The summed E-state index contributed by atoms with van der Waals surface area (Å²) < 4.78 is 6.32. The van der Waals surface area contributed by atoms with Gasteiger partial charge in [0.2, 0.25) is 5.91 Å². The molecule has 0 bridgehead atoms. The summed E-state index contributed by atoms with van der Waals surface area (Å²) in [4.78, 5) is 14.4. The molecule has 0 aromatic heterocycles. The molecule has 3 nitrogen and oxygen atoms in total. The Bertz CT molecular complexity index is 536. The minimum absolute atomic E-state index is 0.140. The number of carbonyl (C=O) groups excluding carboxylic acids is 1. The molecule has 1 aliphatic rings. The summed E-state index contributed by atoms with van der Waals surface area (Å²) >= 11 is 0. The van der Waals surface area contributed by atoms with Crippen LogP contribution < -0.4 is 0 Å². The van der Waals surface area contributed by atoms with Gasteiger partial charge in [0.05, 0.1) is 6.04 Å². The first kappa shape index (κ1) is 18.2. The van der Waals surface area contributed by atoms with Gasteiger partial charge < -0.3 is 9.33 Å². The molecule has 128 valence electrons. The first-order chi connectivity index (χ1) is 10.6. The first-order valence-corrected chi connectivity index (χ1v) is 11.5. The van der Waals surface area contributed by atoms with E-state index in [2.05, 4.69) is 52.9 Å². The molecule has 1 amide bonds. The summed E-state index contributed by atoms with van der Waals surface area (Å²) in [6.07, 6.45) is 0.617. The van der Waals surface area contributed by atoms with Crippen LogP contribution in [0.4, 0.5) is 0 Å². The Hall–Kier alpha value is -1.13. The Kier molecular flexibility index (Phi) is 5.36. The van der Waals surface area contributed by atoms with Crippen molar-refractivity contribution in [2.24, 2.45) is 5.92 Å². The van der Waals surface area contributed by atoms with E-state index in [1.165, 1.54) is 5.56 Å². The fourth-order valence-electron chi connectivity index (χ4n) is 2.75. The molecule has 0 N–H and O–H groups in total. The second-order valence-electron chi connectivity index (χ2n) is 8.27. The third kappa shape index (κ3) is 4.24. The van der Waals surface area contributed by atoms with Crippen molar-refractivity contribution in [1.29, 1.82) is 0 Å². The lowest BCUT2D eigenvalue weighted by molar-refractivity contribution is -0.129. The highest BCUT2D eigenvalue weighted by atomic mass is 28.4. The van der Waals surface area contributed by atoms with Gasteiger partial charge in [-0.25, -0.2) is 0 Å². The van der Waals surface area contributed by atoms with Gasteiger partial charge in [-0.15, -0.1) is 0 Å². The molecule has 0 spiro atoms. The molecule has 0 saturated carbocycles. The van der Waals surface area contributed by atoms with Gasteiger partial charge in [0, 0.05) is 25.5 Å². The minimum atomic E-state index is -1.74. The molecule has 0 unspecified atom stereocenters. The highest BCUT2D eigenvalue weighted by Gasteiger charge is 2.39. The number of benzene rings is 1. The zero-order valence-electron chi connectivity index (χ0n) is 15.4. The third-order valence-corrected chi connectivity index (χ3v) is 9.97. The Labute approximate surface area is 142 Å². The van der Waals surface area contributed by atoms with Gasteiger partial charge in [0.15, 0.2) is 8.32 Å². The fraction of sp³-hybridized carbons (Fsp3) is 0.632. The van der Waals surface area contributed by atoms with Crippen molar-refractivity contribution in [1.82, 2.24) is 4.90 Å². The van der Waals surface area contributed by atoms with Crippen LogP contribution in [-0.4, -0.2) is 32.3 Å². The highest BCUT2D eigenvalue weighted by molar-refractivity contribution is 6.74.